The van der Waals surface area contributed by atoms with E-state index in [2.05, 4.69) is 98.1 Å². The van der Waals surface area contributed by atoms with Gasteiger partial charge in [0.05, 0.1) is 6.04 Å². The van der Waals surface area contributed by atoms with E-state index in [1.54, 1.807) is 0 Å². The van der Waals surface area contributed by atoms with E-state index >= 15 is 0 Å². The highest BCUT2D eigenvalue weighted by atomic mass is 32.2. The van der Waals surface area contributed by atoms with Crippen LogP contribution in [-0.2, 0) is 5.75 Å². The van der Waals surface area contributed by atoms with Gasteiger partial charge in [-0.25, -0.2) is 0 Å². The molecule has 0 saturated heterocycles. The number of nitrogens with one attached hydrogen (secondary N) is 2. The molecule has 0 heterocycles. The van der Waals surface area contributed by atoms with E-state index in [1.165, 1.54) is 27.1 Å². The second-order valence-electron chi connectivity index (χ2n) is 6.98. The number of thioether (sulfide) groups is 1. The molecule has 0 aromatic heterocycles. The van der Waals surface area contributed by atoms with Crippen molar-refractivity contribution in [2.24, 2.45) is 0 Å². The Morgan fingerprint density at radius 3 is 2.39 bits per heavy atom. The van der Waals surface area contributed by atoms with Crippen molar-refractivity contribution in [2.45, 2.75) is 37.5 Å². The van der Waals surface area contributed by atoms with Crippen LogP contribution in [0.15, 0.2) is 77.7 Å². The summed E-state index contributed by atoms with van der Waals surface area (Å²) in [5.74, 6) is 0.955. The number of benzene rings is 3. The quantitative estimate of drug-likeness (QED) is 0.354. The van der Waals surface area contributed by atoms with Crippen LogP contribution in [0.5, 0.6) is 0 Å². The SMILES string of the molecule is Cc1ccc(C)c([C@H](C)NC(=S)Nc2ccc(CSc3ccccc3)cc2)c1. The lowest BCUT2D eigenvalue weighted by atomic mass is 10.0. The van der Waals surface area contributed by atoms with Gasteiger partial charge in [0.1, 0.15) is 0 Å². The zero-order valence-electron chi connectivity index (χ0n) is 16.5. The molecule has 0 aliphatic heterocycles. The van der Waals surface area contributed by atoms with Gasteiger partial charge in [0.25, 0.3) is 0 Å². The predicted molar refractivity (Wildman–Crippen MR) is 126 cm³/mol. The van der Waals surface area contributed by atoms with Gasteiger partial charge in [-0.2, -0.15) is 0 Å². The van der Waals surface area contributed by atoms with E-state index in [0.29, 0.717) is 5.11 Å². The summed E-state index contributed by atoms with van der Waals surface area (Å²) in [7, 11) is 0. The summed E-state index contributed by atoms with van der Waals surface area (Å²) >= 11 is 7.35. The molecule has 0 aliphatic rings. The minimum Gasteiger partial charge on any atom is -0.356 e. The molecule has 2 N–H and O–H groups in total. The number of anilines is 1. The maximum atomic E-state index is 5.51. The monoisotopic (exact) mass is 406 g/mol. The second kappa shape index (κ2) is 9.76. The first-order valence-corrected chi connectivity index (χ1v) is 10.8. The van der Waals surface area contributed by atoms with E-state index < -0.39 is 0 Å². The third-order valence-electron chi connectivity index (χ3n) is 4.61. The van der Waals surface area contributed by atoms with Crippen molar-refractivity contribution < 1.29 is 0 Å². The van der Waals surface area contributed by atoms with Crippen molar-refractivity contribution in [3.8, 4) is 0 Å². The molecule has 3 aromatic carbocycles. The van der Waals surface area contributed by atoms with Gasteiger partial charge in [0.2, 0.25) is 0 Å². The summed E-state index contributed by atoms with van der Waals surface area (Å²) in [6, 6.07) is 25.6. The molecule has 0 unspecified atom stereocenters. The van der Waals surface area contributed by atoms with Gasteiger partial charge in [0.15, 0.2) is 5.11 Å². The number of rotatable bonds is 6. The third kappa shape index (κ3) is 5.85. The molecule has 1 atom stereocenters. The van der Waals surface area contributed by atoms with E-state index in [0.717, 1.165) is 11.4 Å². The Labute approximate surface area is 177 Å². The molecule has 144 valence electrons. The Kier molecular flexibility index (Phi) is 7.12. The van der Waals surface area contributed by atoms with E-state index in [1.807, 2.05) is 17.8 Å². The maximum absolute atomic E-state index is 5.51. The summed E-state index contributed by atoms with van der Waals surface area (Å²) in [6.45, 7) is 6.39. The molecular weight excluding hydrogens is 380 g/mol. The van der Waals surface area contributed by atoms with Crippen LogP contribution in [0.1, 0.15) is 35.2 Å². The van der Waals surface area contributed by atoms with Crippen LogP contribution >= 0.6 is 24.0 Å². The lowest BCUT2D eigenvalue weighted by Crippen LogP contribution is -2.31. The van der Waals surface area contributed by atoms with E-state index in [9.17, 15) is 0 Å². The second-order valence-corrected chi connectivity index (χ2v) is 8.44. The van der Waals surface area contributed by atoms with Crippen molar-refractivity contribution in [3.63, 3.8) is 0 Å². The summed E-state index contributed by atoms with van der Waals surface area (Å²) in [6.07, 6.45) is 0. The van der Waals surface area contributed by atoms with Crippen molar-refractivity contribution in [1.29, 1.82) is 0 Å². The standard InChI is InChI=1S/C24H26N2S2/c1-17-9-10-18(2)23(15-17)19(3)25-24(27)26-21-13-11-20(12-14-21)16-28-22-7-5-4-6-8-22/h4-15,19H,16H2,1-3H3,(H2,25,26,27)/t19-/m0/s1. The highest BCUT2D eigenvalue weighted by Gasteiger charge is 2.10. The molecule has 3 aromatic rings. The number of hydrogen-bond donors (Lipinski definition) is 2. The van der Waals surface area contributed by atoms with Crippen molar-refractivity contribution >= 4 is 34.8 Å². The van der Waals surface area contributed by atoms with E-state index in [4.69, 9.17) is 12.2 Å². The first-order chi connectivity index (χ1) is 13.5. The first kappa shape index (κ1) is 20.4. The molecule has 0 radical (unpaired) electrons. The fourth-order valence-electron chi connectivity index (χ4n) is 3.04. The molecule has 0 fully saturated rings. The smallest absolute Gasteiger partial charge is 0.171 e. The summed E-state index contributed by atoms with van der Waals surface area (Å²) < 4.78 is 0. The zero-order chi connectivity index (χ0) is 19.9. The van der Waals surface area contributed by atoms with Gasteiger partial charge in [-0.1, -0.05) is 54.1 Å². The predicted octanol–water partition coefficient (Wildman–Crippen LogP) is 6.64. The molecule has 0 spiro atoms. The number of thiocarbonyl (C=S) groups is 1. The maximum Gasteiger partial charge on any atom is 0.171 e. The average Bonchev–Trinajstić information content (AvgIpc) is 2.70. The van der Waals surface area contributed by atoms with Crippen molar-refractivity contribution in [1.82, 2.24) is 5.32 Å². The molecule has 0 amide bonds. The van der Waals surface area contributed by atoms with Crippen LogP contribution in [0.25, 0.3) is 0 Å². The van der Waals surface area contributed by atoms with Crippen LogP contribution in [0.2, 0.25) is 0 Å². The van der Waals surface area contributed by atoms with Crippen LogP contribution < -0.4 is 10.6 Å². The molecule has 0 aliphatic carbocycles. The Balaban J connectivity index is 1.53. The minimum absolute atomic E-state index is 0.154. The van der Waals surface area contributed by atoms with E-state index in [-0.39, 0.29) is 6.04 Å². The molecule has 28 heavy (non-hydrogen) atoms. The molecule has 0 bridgehead atoms. The zero-order valence-corrected chi connectivity index (χ0v) is 18.2. The largest absolute Gasteiger partial charge is 0.356 e. The summed E-state index contributed by atoms with van der Waals surface area (Å²) in [5, 5.41) is 7.32. The van der Waals surface area contributed by atoms with Crippen molar-refractivity contribution in [2.75, 3.05) is 5.32 Å². The fourth-order valence-corrected chi connectivity index (χ4v) is 4.21. The Bertz CT molecular complexity index is 921. The average molecular weight is 407 g/mol. The van der Waals surface area contributed by atoms with Crippen LogP contribution in [0.4, 0.5) is 5.69 Å². The Morgan fingerprint density at radius 2 is 1.68 bits per heavy atom. The Hall–Kier alpha value is -2.30. The molecule has 0 saturated carbocycles. The van der Waals surface area contributed by atoms with Gasteiger partial charge >= 0.3 is 0 Å². The highest BCUT2D eigenvalue weighted by Crippen LogP contribution is 2.23. The normalized spacial score (nSPS) is 11.7. The summed E-state index contributed by atoms with van der Waals surface area (Å²) in [4.78, 5) is 1.29. The molecule has 2 nitrogen and oxygen atoms in total. The topological polar surface area (TPSA) is 24.1 Å². The number of hydrogen-bond acceptors (Lipinski definition) is 2. The lowest BCUT2D eigenvalue weighted by molar-refractivity contribution is 0.716. The molecule has 3 rings (SSSR count). The van der Waals surface area contributed by atoms with Gasteiger partial charge < -0.3 is 10.6 Å². The van der Waals surface area contributed by atoms with Gasteiger partial charge in [-0.3, -0.25) is 0 Å². The van der Waals surface area contributed by atoms with Gasteiger partial charge in [-0.15, -0.1) is 11.8 Å². The Morgan fingerprint density at radius 1 is 0.964 bits per heavy atom. The van der Waals surface area contributed by atoms with Gasteiger partial charge in [-0.05, 0) is 73.9 Å². The van der Waals surface area contributed by atoms with Crippen LogP contribution in [-0.4, -0.2) is 5.11 Å². The first-order valence-electron chi connectivity index (χ1n) is 9.43. The van der Waals surface area contributed by atoms with Crippen LogP contribution in [0, 0.1) is 13.8 Å². The van der Waals surface area contributed by atoms with Crippen LogP contribution in [0.3, 0.4) is 0 Å². The fraction of sp³-hybridized carbons (Fsp3) is 0.208. The molecular formula is C24H26N2S2. The number of aryl methyl sites for hydroxylation is 2. The van der Waals surface area contributed by atoms with Gasteiger partial charge in [0, 0.05) is 16.3 Å². The lowest BCUT2D eigenvalue weighted by Gasteiger charge is -2.20. The highest BCUT2D eigenvalue weighted by molar-refractivity contribution is 7.98. The summed E-state index contributed by atoms with van der Waals surface area (Å²) in [5.41, 5.74) is 6.10. The van der Waals surface area contributed by atoms with Crippen molar-refractivity contribution in [3.05, 3.63) is 95.1 Å². The molecule has 4 heteroatoms. The minimum atomic E-state index is 0.154. The third-order valence-corrected chi connectivity index (χ3v) is 5.91.